The van der Waals surface area contributed by atoms with Crippen molar-refractivity contribution in [2.24, 2.45) is 4.99 Å². The van der Waals surface area contributed by atoms with Gasteiger partial charge in [-0.3, -0.25) is 4.79 Å². The zero-order chi connectivity index (χ0) is 15.0. The van der Waals surface area contributed by atoms with E-state index in [0.717, 1.165) is 5.56 Å². The summed E-state index contributed by atoms with van der Waals surface area (Å²) in [4.78, 5) is 26.3. The number of benzene rings is 1. The lowest BCUT2D eigenvalue weighted by atomic mass is 10.2. The first kappa shape index (κ1) is 16.2. The molecule has 108 valence electrons. The molecule has 0 unspecified atom stereocenters. The van der Waals surface area contributed by atoms with E-state index >= 15 is 0 Å². The summed E-state index contributed by atoms with van der Waals surface area (Å²) in [7, 11) is 0. The number of ether oxygens (including phenoxy) is 2. The second kappa shape index (κ2) is 8.32. The van der Waals surface area contributed by atoms with Gasteiger partial charge in [-0.1, -0.05) is 23.7 Å². The van der Waals surface area contributed by atoms with Gasteiger partial charge in [-0.05, 0) is 31.5 Å². The molecule has 0 radical (unpaired) electrons. The SMILES string of the molecule is CCOC(=O)CC(C)=NC(=O)OCc1cccc(Cl)c1. The predicted molar refractivity (Wildman–Crippen MR) is 76.0 cm³/mol. The van der Waals surface area contributed by atoms with Crippen molar-refractivity contribution < 1.29 is 19.1 Å². The lowest BCUT2D eigenvalue weighted by molar-refractivity contribution is -0.141. The summed E-state index contributed by atoms with van der Waals surface area (Å²) >= 11 is 5.81. The average molecular weight is 298 g/mol. The lowest BCUT2D eigenvalue weighted by Gasteiger charge is -2.03. The summed E-state index contributed by atoms with van der Waals surface area (Å²) in [5.74, 6) is -0.420. The molecule has 1 rings (SSSR count). The van der Waals surface area contributed by atoms with Crippen molar-refractivity contribution in [2.75, 3.05) is 6.61 Å². The van der Waals surface area contributed by atoms with Crippen molar-refractivity contribution in [3.63, 3.8) is 0 Å². The lowest BCUT2D eigenvalue weighted by Crippen LogP contribution is -2.11. The van der Waals surface area contributed by atoms with Crippen LogP contribution in [0.1, 0.15) is 25.8 Å². The standard InChI is InChI=1S/C14H16ClNO4/c1-3-19-13(17)7-10(2)16-14(18)20-9-11-5-4-6-12(15)8-11/h4-6,8H,3,7,9H2,1-2H3. The third kappa shape index (κ3) is 6.33. The molecule has 0 bridgehead atoms. The predicted octanol–water partition coefficient (Wildman–Crippen LogP) is 3.39. The fourth-order valence-corrected chi connectivity index (χ4v) is 1.63. The summed E-state index contributed by atoms with van der Waals surface area (Å²) in [6.45, 7) is 3.65. The van der Waals surface area contributed by atoms with Gasteiger partial charge in [0.1, 0.15) is 6.61 Å². The van der Waals surface area contributed by atoms with Crippen molar-refractivity contribution in [2.45, 2.75) is 26.9 Å². The number of carbonyl (C=O) groups is 2. The highest BCUT2D eigenvalue weighted by molar-refractivity contribution is 6.30. The Balaban J connectivity index is 2.44. The molecule has 0 aliphatic heterocycles. The molecule has 0 aromatic heterocycles. The fourth-order valence-electron chi connectivity index (χ4n) is 1.42. The van der Waals surface area contributed by atoms with E-state index in [1.54, 1.807) is 38.1 Å². The van der Waals surface area contributed by atoms with Crippen LogP contribution in [-0.4, -0.2) is 24.4 Å². The molecule has 0 N–H and O–H groups in total. The Hall–Kier alpha value is -1.88. The van der Waals surface area contributed by atoms with Gasteiger partial charge in [0.2, 0.25) is 0 Å². The van der Waals surface area contributed by atoms with E-state index in [4.69, 9.17) is 21.1 Å². The van der Waals surface area contributed by atoms with Gasteiger partial charge in [-0.25, -0.2) is 4.79 Å². The molecule has 1 aromatic carbocycles. The quantitative estimate of drug-likeness (QED) is 0.617. The van der Waals surface area contributed by atoms with Gasteiger partial charge >= 0.3 is 12.1 Å². The Morgan fingerprint density at radius 1 is 1.30 bits per heavy atom. The summed E-state index contributed by atoms with van der Waals surface area (Å²) in [6.07, 6.45) is -0.771. The van der Waals surface area contributed by atoms with Gasteiger partial charge < -0.3 is 9.47 Å². The first-order valence-electron chi connectivity index (χ1n) is 6.12. The van der Waals surface area contributed by atoms with Crippen LogP contribution >= 0.6 is 11.6 Å². The zero-order valence-corrected chi connectivity index (χ0v) is 12.1. The highest BCUT2D eigenvalue weighted by Crippen LogP contribution is 2.11. The number of hydrogen-bond donors (Lipinski definition) is 0. The van der Waals surface area contributed by atoms with Crippen LogP contribution in [0.25, 0.3) is 0 Å². The van der Waals surface area contributed by atoms with E-state index in [1.807, 2.05) is 0 Å². The Kier molecular flexibility index (Phi) is 6.73. The van der Waals surface area contributed by atoms with Crippen molar-refractivity contribution in [1.82, 2.24) is 0 Å². The summed E-state index contributed by atoms with van der Waals surface area (Å²) in [6, 6.07) is 6.98. The van der Waals surface area contributed by atoms with Gasteiger partial charge in [-0.2, -0.15) is 4.99 Å². The van der Waals surface area contributed by atoms with Gasteiger partial charge in [0.05, 0.1) is 13.0 Å². The van der Waals surface area contributed by atoms with E-state index in [2.05, 4.69) is 4.99 Å². The van der Waals surface area contributed by atoms with Crippen LogP contribution in [0.2, 0.25) is 5.02 Å². The molecule has 0 saturated heterocycles. The van der Waals surface area contributed by atoms with Crippen LogP contribution in [0.15, 0.2) is 29.3 Å². The first-order valence-corrected chi connectivity index (χ1v) is 6.50. The number of hydrogen-bond acceptors (Lipinski definition) is 4. The highest BCUT2D eigenvalue weighted by atomic mass is 35.5. The van der Waals surface area contributed by atoms with Crippen LogP contribution in [0, 0.1) is 0 Å². The number of esters is 1. The van der Waals surface area contributed by atoms with Gasteiger partial charge in [-0.15, -0.1) is 0 Å². The van der Waals surface area contributed by atoms with E-state index in [1.165, 1.54) is 0 Å². The maximum absolute atomic E-state index is 11.5. The second-order valence-corrected chi connectivity index (χ2v) is 4.45. The molecule has 0 saturated carbocycles. The van der Waals surface area contributed by atoms with Gasteiger partial charge in [0.25, 0.3) is 0 Å². The smallest absolute Gasteiger partial charge is 0.433 e. The molecule has 1 aromatic rings. The normalized spacial score (nSPS) is 11.1. The molecule has 20 heavy (non-hydrogen) atoms. The van der Waals surface area contributed by atoms with Gasteiger partial charge in [0, 0.05) is 10.7 Å². The molecule has 0 atom stereocenters. The Morgan fingerprint density at radius 2 is 2.05 bits per heavy atom. The van der Waals surface area contributed by atoms with E-state index in [9.17, 15) is 9.59 Å². The van der Waals surface area contributed by atoms with Gasteiger partial charge in [0.15, 0.2) is 0 Å². The minimum Gasteiger partial charge on any atom is -0.466 e. The minimum absolute atomic E-state index is 0.0277. The summed E-state index contributed by atoms with van der Waals surface area (Å²) in [5.41, 5.74) is 1.11. The topological polar surface area (TPSA) is 65.0 Å². The maximum atomic E-state index is 11.5. The van der Waals surface area contributed by atoms with Crippen molar-refractivity contribution in [3.05, 3.63) is 34.9 Å². The van der Waals surface area contributed by atoms with Crippen LogP contribution in [-0.2, 0) is 20.9 Å². The highest BCUT2D eigenvalue weighted by Gasteiger charge is 2.07. The maximum Gasteiger partial charge on any atom is 0.433 e. The molecule has 5 nitrogen and oxygen atoms in total. The van der Waals surface area contributed by atoms with Crippen molar-refractivity contribution in [3.8, 4) is 0 Å². The molecule has 0 aliphatic carbocycles. The monoisotopic (exact) mass is 297 g/mol. The molecule has 1 amide bonds. The molecule has 0 heterocycles. The van der Waals surface area contributed by atoms with Crippen molar-refractivity contribution in [1.29, 1.82) is 0 Å². The molecule has 6 heteroatoms. The number of halogens is 1. The minimum atomic E-state index is -0.744. The van der Waals surface area contributed by atoms with Crippen LogP contribution in [0.5, 0.6) is 0 Å². The largest absolute Gasteiger partial charge is 0.466 e. The van der Waals surface area contributed by atoms with Crippen LogP contribution in [0.3, 0.4) is 0 Å². The number of amides is 1. The molecular weight excluding hydrogens is 282 g/mol. The fraction of sp³-hybridized carbons (Fsp3) is 0.357. The summed E-state index contributed by atoms with van der Waals surface area (Å²) in [5, 5.41) is 0.570. The third-order valence-corrected chi connectivity index (χ3v) is 2.47. The number of nitrogens with zero attached hydrogens (tertiary/aromatic N) is 1. The van der Waals surface area contributed by atoms with Crippen molar-refractivity contribution >= 4 is 29.4 Å². The van der Waals surface area contributed by atoms with E-state index in [0.29, 0.717) is 17.3 Å². The van der Waals surface area contributed by atoms with E-state index < -0.39 is 12.1 Å². The number of aliphatic imine (C=N–C) groups is 1. The molecule has 0 spiro atoms. The van der Waals surface area contributed by atoms with Crippen LogP contribution < -0.4 is 0 Å². The third-order valence-electron chi connectivity index (χ3n) is 2.24. The number of rotatable bonds is 5. The Bertz CT molecular complexity index is 514. The second-order valence-electron chi connectivity index (χ2n) is 4.01. The summed E-state index contributed by atoms with van der Waals surface area (Å²) < 4.78 is 9.71. The Labute approximate surface area is 122 Å². The molecule has 0 aliphatic rings. The average Bonchev–Trinajstić information content (AvgIpc) is 2.36. The zero-order valence-electron chi connectivity index (χ0n) is 11.4. The van der Waals surface area contributed by atoms with Crippen LogP contribution in [0.4, 0.5) is 4.79 Å². The molecule has 0 fully saturated rings. The van der Waals surface area contributed by atoms with E-state index in [-0.39, 0.29) is 13.0 Å². The molecular formula is C14H16ClNO4. The number of carbonyl (C=O) groups excluding carboxylic acids is 2. The first-order chi connectivity index (χ1) is 9.51. The Morgan fingerprint density at radius 3 is 2.70 bits per heavy atom.